The Bertz CT molecular complexity index is 810. The van der Waals surface area contributed by atoms with Crippen LogP contribution in [-0.4, -0.2) is 71.7 Å². The van der Waals surface area contributed by atoms with E-state index in [1.165, 1.54) is 0 Å². The first kappa shape index (κ1) is 20.1. The number of likely N-dealkylation sites (N-methyl/N-ethyl adjacent to an activating group) is 1. The summed E-state index contributed by atoms with van der Waals surface area (Å²) in [5.41, 5.74) is 1.84. The average Bonchev–Trinajstić information content (AvgIpc) is 2.79. The van der Waals surface area contributed by atoms with Gasteiger partial charge in [-0.25, -0.2) is 0 Å². The van der Waals surface area contributed by atoms with Crippen molar-refractivity contribution in [1.29, 1.82) is 0 Å². The van der Waals surface area contributed by atoms with E-state index >= 15 is 0 Å². The van der Waals surface area contributed by atoms with Crippen molar-refractivity contribution in [3.8, 4) is 11.3 Å². The first-order valence-corrected chi connectivity index (χ1v) is 10.9. The molecule has 2 aliphatic rings. The van der Waals surface area contributed by atoms with Crippen molar-refractivity contribution < 1.29 is 4.79 Å². The number of hydrogen-bond acceptors (Lipinski definition) is 5. The molecule has 2 aliphatic heterocycles. The lowest BCUT2D eigenvalue weighted by atomic mass is 9.95. The number of nitrogens with zero attached hydrogens (tertiary/aromatic N) is 5. The van der Waals surface area contributed by atoms with Crippen molar-refractivity contribution in [3.05, 3.63) is 41.4 Å². The van der Waals surface area contributed by atoms with E-state index in [9.17, 15) is 4.79 Å². The topological polar surface area (TPSA) is 52.6 Å². The van der Waals surface area contributed by atoms with E-state index in [0.29, 0.717) is 10.9 Å². The quantitative estimate of drug-likeness (QED) is 0.770. The molecule has 0 saturated carbocycles. The van der Waals surface area contributed by atoms with Crippen LogP contribution in [-0.2, 0) is 4.79 Å². The normalized spacial score (nSPS) is 18.8. The number of rotatable bonds is 4. The number of piperazine rings is 1. The maximum Gasteiger partial charge on any atom is 0.225 e. The van der Waals surface area contributed by atoms with Crippen LogP contribution in [0.3, 0.4) is 0 Å². The van der Waals surface area contributed by atoms with Crippen molar-refractivity contribution in [2.24, 2.45) is 5.92 Å². The summed E-state index contributed by atoms with van der Waals surface area (Å²) in [5, 5.41) is 9.51. The Morgan fingerprint density at radius 3 is 2.24 bits per heavy atom. The number of halogens is 1. The number of carbonyl (C=O) groups is 1. The molecule has 0 aliphatic carbocycles. The molecule has 3 heterocycles. The fourth-order valence-corrected chi connectivity index (χ4v) is 4.29. The average molecular weight is 414 g/mol. The van der Waals surface area contributed by atoms with Crippen LogP contribution < -0.4 is 4.90 Å². The van der Waals surface area contributed by atoms with E-state index in [-0.39, 0.29) is 5.92 Å². The lowest BCUT2D eigenvalue weighted by Gasteiger charge is -2.38. The zero-order chi connectivity index (χ0) is 20.2. The second kappa shape index (κ2) is 9.09. The third kappa shape index (κ3) is 4.70. The Hall–Kier alpha value is -2.18. The van der Waals surface area contributed by atoms with Gasteiger partial charge in [0.25, 0.3) is 0 Å². The largest absolute Gasteiger partial charge is 0.355 e. The number of anilines is 1. The molecule has 0 unspecified atom stereocenters. The molecular weight excluding hydrogens is 386 g/mol. The molecule has 2 saturated heterocycles. The molecule has 29 heavy (non-hydrogen) atoms. The van der Waals surface area contributed by atoms with E-state index in [1.807, 2.05) is 36.4 Å². The first-order valence-electron chi connectivity index (χ1n) is 10.5. The van der Waals surface area contributed by atoms with Crippen molar-refractivity contribution in [2.45, 2.75) is 19.8 Å². The van der Waals surface area contributed by atoms with Crippen LogP contribution in [0.25, 0.3) is 11.3 Å². The van der Waals surface area contributed by atoms with Gasteiger partial charge in [-0.15, -0.1) is 10.2 Å². The number of carbonyl (C=O) groups excluding carboxylic acids is 1. The molecule has 6 nitrogen and oxygen atoms in total. The SMILES string of the molecule is CCN1CCN(C(=O)C2CCN(c3ccc(-c4ccc(Cl)cc4)nn3)CC2)CC1. The lowest BCUT2D eigenvalue weighted by Crippen LogP contribution is -2.51. The fourth-order valence-electron chi connectivity index (χ4n) is 4.17. The molecule has 1 aromatic heterocycles. The standard InChI is InChI=1S/C22H28ClN5O/c1-2-26-13-15-28(16-14-26)22(29)18-9-11-27(12-10-18)21-8-7-20(24-25-21)17-3-5-19(23)6-4-17/h3-8,18H,2,9-16H2,1H3. The molecule has 0 atom stereocenters. The van der Waals surface area contributed by atoms with Gasteiger partial charge < -0.3 is 14.7 Å². The van der Waals surface area contributed by atoms with Gasteiger partial charge in [0.2, 0.25) is 5.91 Å². The summed E-state index contributed by atoms with van der Waals surface area (Å²) in [6, 6.07) is 11.6. The molecule has 2 aromatic rings. The Morgan fingerprint density at radius 2 is 1.66 bits per heavy atom. The van der Waals surface area contributed by atoms with Crippen molar-refractivity contribution >= 4 is 23.3 Å². The Morgan fingerprint density at radius 1 is 0.966 bits per heavy atom. The number of piperidine rings is 1. The van der Waals surface area contributed by atoms with Crippen LogP contribution in [0, 0.1) is 5.92 Å². The zero-order valence-corrected chi connectivity index (χ0v) is 17.7. The minimum absolute atomic E-state index is 0.140. The van der Waals surface area contributed by atoms with Crippen LogP contribution in [0.4, 0.5) is 5.82 Å². The first-order chi connectivity index (χ1) is 14.1. The zero-order valence-electron chi connectivity index (χ0n) is 16.9. The second-order valence-corrected chi connectivity index (χ2v) is 8.24. The van der Waals surface area contributed by atoms with E-state index < -0.39 is 0 Å². The summed E-state index contributed by atoms with van der Waals surface area (Å²) in [6.45, 7) is 8.67. The van der Waals surface area contributed by atoms with Crippen molar-refractivity contribution in [3.63, 3.8) is 0 Å². The predicted molar refractivity (Wildman–Crippen MR) is 116 cm³/mol. The number of hydrogen-bond donors (Lipinski definition) is 0. The maximum atomic E-state index is 12.9. The van der Waals surface area contributed by atoms with E-state index in [0.717, 1.165) is 75.7 Å². The van der Waals surface area contributed by atoms with Gasteiger partial charge in [0, 0.05) is 55.8 Å². The Kier molecular flexibility index (Phi) is 6.31. The summed E-state index contributed by atoms with van der Waals surface area (Å²) in [5.74, 6) is 1.36. The summed E-state index contributed by atoms with van der Waals surface area (Å²) >= 11 is 5.95. The van der Waals surface area contributed by atoms with Crippen molar-refractivity contribution in [1.82, 2.24) is 20.0 Å². The van der Waals surface area contributed by atoms with Crippen molar-refractivity contribution in [2.75, 3.05) is 50.7 Å². The molecule has 4 rings (SSSR count). The molecule has 0 spiro atoms. The van der Waals surface area contributed by atoms with Gasteiger partial charge in [0.05, 0.1) is 5.69 Å². The minimum atomic E-state index is 0.140. The molecule has 7 heteroatoms. The van der Waals surface area contributed by atoms with E-state index in [4.69, 9.17) is 11.6 Å². The number of aromatic nitrogens is 2. The third-order valence-corrected chi connectivity index (χ3v) is 6.34. The number of amides is 1. The van der Waals surface area contributed by atoms with Crippen LogP contribution in [0.5, 0.6) is 0 Å². The molecule has 1 aromatic carbocycles. The van der Waals surface area contributed by atoms with E-state index in [2.05, 4.69) is 31.8 Å². The highest BCUT2D eigenvalue weighted by Gasteiger charge is 2.30. The minimum Gasteiger partial charge on any atom is -0.355 e. The van der Waals surface area contributed by atoms with E-state index in [1.54, 1.807) is 0 Å². The summed E-state index contributed by atoms with van der Waals surface area (Å²) in [6.07, 6.45) is 1.76. The van der Waals surface area contributed by atoms with Gasteiger partial charge in [0.1, 0.15) is 0 Å². The van der Waals surface area contributed by atoms with Gasteiger partial charge in [-0.05, 0) is 43.7 Å². The highest BCUT2D eigenvalue weighted by molar-refractivity contribution is 6.30. The van der Waals surface area contributed by atoms with Crippen LogP contribution in [0.1, 0.15) is 19.8 Å². The molecule has 0 radical (unpaired) electrons. The predicted octanol–water partition coefficient (Wildman–Crippen LogP) is 3.18. The van der Waals surface area contributed by atoms with Gasteiger partial charge in [-0.3, -0.25) is 4.79 Å². The Labute approximate surface area is 177 Å². The number of benzene rings is 1. The third-order valence-electron chi connectivity index (χ3n) is 6.09. The summed E-state index contributed by atoms with van der Waals surface area (Å²) < 4.78 is 0. The molecule has 0 bridgehead atoms. The molecule has 0 N–H and O–H groups in total. The van der Waals surface area contributed by atoms with Crippen LogP contribution in [0.15, 0.2) is 36.4 Å². The second-order valence-electron chi connectivity index (χ2n) is 7.80. The maximum absolute atomic E-state index is 12.9. The van der Waals surface area contributed by atoms with Gasteiger partial charge >= 0.3 is 0 Å². The summed E-state index contributed by atoms with van der Waals surface area (Å²) in [7, 11) is 0. The smallest absolute Gasteiger partial charge is 0.225 e. The van der Waals surface area contributed by atoms with Crippen LogP contribution in [0.2, 0.25) is 5.02 Å². The van der Waals surface area contributed by atoms with Gasteiger partial charge in [-0.2, -0.15) is 0 Å². The molecule has 1 amide bonds. The molecule has 154 valence electrons. The molecule has 2 fully saturated rings. The highest BCUT2D eigenvalue weighted by Crippen LogP contribution is 2.25. The molecular formula is C22H28ClN5O. The van der Waals surface area contributed by atoms with Gasteiger partial charge in [0.15, 0.2) is 5.82 Å². The highest BCUT2D eigenvalue weighted by atomic mass is 35.5. The monoisotopic (exact) mass is 413 g/mol. The lowest BCUT2D eigenvalue weighted by molar-refractivity contribution is -0.137. The summed E-state index contributed by atoms with van der Waals surface area (Å²) in [4.78, 5) is 19.6. The Balaban J connectivity index is 1.31. The van der Waals surface area contributed by atoms with Crippen LogP contribution >= 0.6 is 11.6 Å². The fraction of sp³-hybridized carbons (Fsp3) is 0.500. The van der Waals surface area contributed by atoms with Gasteiger partial charge in [-0.1, -0.05) is 30.7 Å².